The van der Waals surface area contributed by atoms with Crippen LogP contribution in [-0.2, 0) is 6.18 Å². The zero-order valence-electron chi connectivity index (χ0n) is 13.9. The minimum Gasteiger partial charge on any atom is -0.320 e. The lowest BCUT2D eigenvalue weighted by atomic mass is 10.1. The van der Waals surface area contributed by atoms with E-state index < -0.39 is 17.6 Å². The van der Waals surface area contributed by atoms with Gasteiger partial charge in [0.05, 0.1) is 21.3 Å². The molecule has 0 spiro atoms. The van der Waals surface area contributed by atoms with Gasteiger partial charge in [-0.25, -0.2) is 0 Å². The van der Waals surface area contributed by atoms with Crippen molar-refractivity contribution in [2.45, 2.75) is 6.18 Å². The quantitative estimate of drug-likeness (QED) is 0.341. The van der Waals surface area contributed by atoms with Gasteiger partial charge < -0.3 is 5.32 Å². The normalized spacial score (nSPS) is 11.9. The lowest BCUT2D eigenvalue weighted by Gasteiger charge is -2.11. The highest BCUT2D eigenvalue weighted by Crippen LogP contribution is 2.40. The van der Waals surface area contributed by atoms with Crippen molar-refractivity contribution in [3.8, 4) is 0 Å². The van der Waals surface area contributed by atoms with E-state index in [1.54, 1.807) is 0 Å². The van der Waals surface area contributed by atoms with Crippen LogP contribution in [0.4, 0.5) is 18.9 Å². The van der Waals surface area contributed by atoms with Crippen molar-refractivity contribution in [3.63, 3.8) is 0 Å². The van der Waals surface area contributed by atoms with Crippen LogP contribution < -0.4 is 5.32 Å². The molecule has 142 valence electrons. The monoisotopic (exact) mass is 439 g/mol. The van der Waals surface area contributed by atoms with Crippen molar-refractivity contribution in [1.82, 2.24) is 0 Å². The fraction of sp³-hybridized carbons (Fsp3) is 0.0500. The first-order chi connectivity index (χ1) is 13.3. The van der Waals surface area contributed by atoms with Gasteiger partial charge in [0.25, 0.3) is 5.91 Å². The van der Waals surface area contributed by atoms with Gasteiger partial charge in [0.2, 0.25) is 0 Å². The molecule has 28 heavy (non-hydrogen) atoms. The van der Waals surface area contributed by atoms with Crippen LogP contribution in [0.25, 0.3) is 20.9 Å². The number of anilines is 1. The summed E-state index contributed by atoms with van der Waals surface area (Å²) in [5.74, 6) is -0.614. The molecule has 0 saturated carbocycles. The molecule has 0 aliphatic heterocycles. The molecule has 4 aromatic rings. The summed E-state index contributed by atoms with van der Waals surface area (Å²) >= 11 is 13.6. The number of nitrogens with one attached hydrogen (secondary N) is 1. The Hall–Kier alpha value is -2.28. The second-order valence-electron chi connectivity index (χ2n) is 6.05. The molecular weight excluding hydrogens is 430 g/mol. The van der Waals surface area contributed by atoms with E-state index >= 15 is 0 Å². The summed E-state index contributed by atoms with van der Waals surface area (Å²) in [6.45, 7) is 0. The second kappa shape index (κ2) is 6.95. The molecule has 0 aliphatic carbocycles. The van der Waals surface area contributed by atoms with E-state index in [0.717, 1.165) is 39.1 Å². The summed E-state index contributed by atoms with van der Waals surface area (Å²) in [7, 11) is 0. The maximum absolute atomic E-state index is 12.9. The van der Waals surface area contributed by atoms with Gasteiger partial charge >= 0.3 is 6.18 Å². The van der Waals surface area contributed by atoms with E-state index in [2.05, 4.69) is 5.32 Å². The molecule has 1 aromatic heterocycles. The zero-order valence-corrected chi connectivity index (χ0v) is 16.2. The maximum Gasteiger partial charge on any atom is 0.416 e. The predicted molar refractivity (Wildman–Crippen MR) is 109 cm³/mol. The third-order valence-corrected chi connectivity index (χ3v) is 6.24. The first kappa shape index (κ1) is 19.1. The van der Waals surface area contributed by atoms with E-state index in [-0.39, 0.29) is 20.6 Å². The minimum absolute atomic E-state index is 0.00373. The first-order valence-electron chi connectivity index (χ1n) is 8.03. The lowest BCUT2D eigenvalue weighted by Crippen LogP contribution is -2.12. The number of fused-ring (bicyclic) bond motifs is 3. The number of rotatable bonds is 2. The number of carbonyl (C=O) groups is 1. The number of thiophene rings is 1. The highest BCUT2D eigenvalue weighted by Gasteiger charge is 2.31. The van der Waals surface area contributed by atoms with E-state index in [1.165, 1.54) is 11.3 Å². The number of amides is 1. The van der Waals surface area contributed by atoms with E-state index in [0.29, 0.717) is 0 Å². The third kappa shape index (κ3) is 3.32. The Kier molecular flexibility index (Phi) is 4.73. The first-order valence-corrected chi connectivity index (χ1v) is 9.61. The Morgan fingerprint density at radius 3 is 2.50 bits per heavy atom. The van der Waals surface area contributed by atoms with Crippen LogP contribution >= 0.6 is 34.5 Å². The van der Waals surface area contributed by atoms with Gasteiger partial charge in [-0.15, -0.1) is 11.3 Å². The highest BCUT2D eigenvalue weighted by atomic mass is 35.5. The minimum atomic E-state index is -4.54. The third-order valence-electron chi connectivity index (χ3n) is 4.27. The Balaban J connectivity index is 1.76. The molecular formula is C20H10Cl2F3NOS. The number of hydrogen-bond acceptors (Lipinski definition) is 2. The van der Waals surface area contributed by atoms with Gasteiger partial charge in [0.15, 0.2) is 0 Å². The molecule has 1 amide bonds. The Labute approximate surface area is 171 Å². The molecule has 0 saturated heterocycles. The number of benzene rings is 3. The molecule has 0 radical (unpaired) electrons. The molecule has 0 atom stereocenters. The summed E-state index contributed by atoms with van der Waals surface area (Å²) in [4.78, 5) is 12.9. The van der Waals surface area contributed by atoms with Crippen molar-refractivity contribution in [2.24, 2.45) is 0 Å². The summed E-state index contributed by atoms with van der Waals surface area (Å²) in [6.07, 6.45) is -4.54. The topological polar surface area (TPSA) is 29.1 Å². The Bertz CT molecular complexity index is 1230. The van der Waals surface area contributed by atoms with Crippen LogP contribution in [0.3, 0.4) is 0 Å². The molecule has 4 rings (SSSR count). The number of hydrogen-bond donors (Lipinski definition) is 1. The molecule has 8 heteroatoms. The summed E-state index contributed by atoms with van der Waals surface area (Å²) in [6, 6.07) is 14.2. The molecule has 1 heterocycles. The lowest BCUT2D eigenvalue weighted by molar-refractivity contribution is -0.137. The zero-order chi connectivity index (χ0) is 20.1. The number of alkyl halides is 3. The molecule has 1 N–H and O–H groups in total. The molecule has 0 unspecified atom stereocenters. The summed E-state index contributed by atoms with van der Waals surface area (Å²) in [5.41, 5.74) is -1.03. The van der Waals surface area contributed by atoms with Gasteiger partial charge in [-0.2, -0.15) is 13.2 Å². The summed E-state index contributed by atoms with van der Waals surface area (Å²) < 4.78 is 39.6. The largest absolute Gasteiger partial charge is 0.416 e. The van der Waals surface area contributed by atoms with Crippen molar-refractivity contribution < 1.29 is 18.0 Å². The molecule has 0 bridgehead atoms. The van der Waals surface area contributed by atoms with Gasteiger partial charge in [-0.1, -0.05) is 53.5 Å². The molecule has 3 aromatic carbocycles. The molecule has 2 nitrogen and oxygen atoms in total. The van der Waals surface area contributed by atoms with Crippen molar-refractivity contribution in [3.05, 3.63) is 75.1 Å². The fourth-order valence-electron chi connectivity index (χ4n) is 2.95. The van der Waals surface area contributed by atoms with Crippen molar-refractivity contribution >= 4 is 67.0 Å². The maximum atomic E-state index is 12.9. The van der Waals surface area contributed by atoms with Gasteiger partial charge in [-0.3, -0.25) is 4.79 Å². The van der Waals surface area contributed by atoms with Crippen LogP contribution in [0.1, 0.15) is 15.2 Å². The molecule has 0 fully saturated rings. The average molecular weight is 440 g/mol. The number of carbonyl (C=O) groups excluding carboxylic acids is 1. The average Bonchev–Trinajstić information content (AvgIpc) is 3.00. The van der Waals surface area contributed by atoms with Crippen LogP contribution in [0, 0.1) is 0 Å². The van der Waals surface area contributed by atoms with E-state index in [9.17, 15) is 18.0 Å². The van der Waals surface area contributed by atoms with Crippen molar-refractivity contribution in [1.29, 1.82) is 0 Å². The Morgan fingerprint density at radius 1 is 1.00 bits per heavy atom. The number of halogens is 5. The van der Waals surface area contributed by atoms with Gasteiger partial charge in [0.1, 0.15) is 4.88 Å². The second-order valence-corrected chi connectivity index (χ2v) is 7.89. The van der Waals surface area contributed by atoms with E-state index in [4.69, 9.17) is 23.2 Å². The predicted octanol–water partition coefficient (Wildman–Crippen LogP) is 7.63. The van der Waals surface area contributed by atoms with Crippen LogP contribution in [-0.4, -0.2) is 5.91 Å². The standard InChI is InChI=1S/C20H10Cl2F3NOS/c21-13-7-6-11(20(23,24)25)9-14(13)26-19(27)18-17(22)16-12-4-2-1-3-10(12)5-8-15(16)28-18/h1-9H,(H,26,27). The van der Waals surface area contributed by atoms with Crippen LogP contribution in [0.2, 0.25) is 10.0 Å². The SMILES string of the molecule is O=C(Nc1cc(C(F)(F)F)ccc1Cl)c1sc2ccc3ccccc3c2c1Cl. The van der Waals surface area contributed by atoms with Crippen molar-refractivity contribution in [2.75, 3.05) is 5.32 Å². The smallest absolute Gasteiger partial charge is 0.320 e. The van der Waals surface area contributed by atoms with Crippen LogP contribution in [0.15, 0.2) is 54.6 Å². The Morgan fingerprint density at radius 2 is 1.75 bits per heavy atom. The van der Waals surface area contributed by atoms with Gasteiger partial charge in [0, 0.05) is 10.1 Å². The fourth-order valence-corrected chi connectivity index (χ4v) is 4.59. The van der Waals surface area contributed by atoms with Gasteiger partial charge in [-0.05, 0) is 35.0 Å². The summed E-state index contributed by atoms with van der Waals surface area (Å²) in [5, 5.41) is 5.32. The van der Waals surface area contributed by atoms with Crippen LogP contribution in [0.5, 0.6) is 0 Å². The highest BCUT2D eigenvalue weighted by molar-refractivity contribution is 7.22. The van der Waals surface area contributed by atoms with E-state index in [1.807, 2.05) is 36.4 Å². The molecule has 0 aliphatic rings.